The highest BCUT2D eigenvalue weighted by Gasteiger charge is 2.43. The third-order valence-corrected chi connectivity index (χ3v) is 8.53. The Bertz CT molecular complexity index is 1130. The Morgan fingerprint density at radius 1 is 1.14 bits per heavy atom. The van der Waals surface area contributed by atoms with Crippen molar-refractivity contribution in [2.24, 2.45) is 46.4 Å². The molecule has 3 heteroatoms. The van der Waals surface area contributed by atoms with Crippen molar-refractivity contribution in [3.05, 3.63) is 89.3 Å². The molecule has 0 aromatic carbocycles. The number of nitrogens with one attached hydrogen (secondary N) is 2. The van der Waals surface area contributed by atoms with Crippen LogP contribution in [-0.4, -0.2) is 18.2 Å². The fraction of sp³-hybridized carbons (Fsp3) is 0.485. The van der Waals surface area contributed by atoms with Crippen LogP contribution in [0.25, 0.3) is 0 Å². The molecule has 0 aliphatic heterocycles. The van der Waals surface area contributed by atoms with Crippen molar-refractivity contribution in [2.75, 3.05) is 0 Å². The summed E-state index contributed by atoms with van der Waals surface area (Å²) in [6.45, 7) is 6.90. The highest BCUT2D eigenvalue weighted by molar-refractivity contribution is 5.96. The standard InChI is InChI=1S/C33H41N3/c1-22-9-7-13-28(17-22)33(36-32(34)25-10-5-4-6-11-25)35-21-29-14-8-12-26(19-24(29)3)31-27-16-15-23(2)18-30(31)20-27/h4-5,7,10,12-17,19,21-24,27,29-31,33H,6,9,11,18,20H2,1-3H3,(H2,34,36)/b35-21+/t22-,23+,24+,27?,29?,30?,31?,33?/m0/s1. The minimum atomic E-state index is -0.249. The molecule has 5 unspecified atom stereocenters. The molecule has 2 N–H and O–H groups in total. The van der Waals surface area contributed by atoms with Crippen molar-refractivity contribution in [1.82, 2.24) is 5.32 Å². The summed E-state index contributed by atoms with van der Waals surface area (Å²) in [4.78, 5) is 5.05. The molecule has 188 valence electrons. The minimum absolute atomic E-state index is 0.191. The molecule has 36 heavy (non-hydrogen) atoms. The normalized spacial score (nSPS) is 35.9. The molecule has 0 aromatic rings. The summed E-state index contributed by atoms with van der Waals surface area (Å²) < 4.78 is 0. The Balaban J connectivity index is 1.33. The Morgan fingerprint density at radius 3 is 2.83 bits per heavy atom. The lowest BCUT2D eigenvalue weighted by molar-refractivity contribution is 0.135. The van der Waals surface area contributed by atoms with Crippen LogP contribution in [0.4, 0.5) is 0 Å². The van der Waals surface area contributed by atoms with Gasteiger partial charge in [0.15, 0.2) is 0 Å². The molecule has 3 nitrogen and oxygen atoms in total. The van der Waals surface area contributed by atoms with Gasteiger partial charge in [-0.05, 0) is 96.5 Å². The molecule has 5 rings (SSSR count). The summed E-state index contributed by atoms with van der Waals surface area (Å²) in [6, 6.07) is 0. The van der Waals surface area contributed by atoms with E-state index < -0.39 is 0 Å². The number of nitrogens with zero attached hydrogens (tertiary/aromatic N) is 1. The molecule has 2 bridgehead atoms. The minimum Gasteiger partial charge on any atom is -0.345 e. The van der Waals surface area contributed by atoms with Gasteiger partial charge in [0.25, 0.3) is 0 Å². The van der Waals surface area contributed by atoms with E-state index >= 15 is 0 Å². The predicted octanol–water partition coefficient (Wildman–Crippen LogP) is 7.50. The largest absolute Gasteiger partial charge is 0.345 e. The number of rotatable bonds is 6. The van der Waals surface area contributed by atoms with E-state index in [1.54, 1.807) is 0 Å². The third kappa shape index (κ3) is 5.57. The molecule has 5 aliphatic rings. The first-order valence-electron chi connectivity index (χ1n) is 13.9. The number of fused-ring (bicyclic) bond motifs is 2. The van der Waals surface area contributed by atoms with Gasteiger partial charge in [-0.1, -0.05) is 75.5 Å². The summed E-state index contributed by atoms with van der Waals surface area (Å²) in [6.07, 6.45) is 32.2. The van der Waals surface area contributed by atoms with Gasteiger partial charge in [-0.15, -0.1) is 5.73 Å². The number of aliphatic imine (C=N–C) groups is 1. The van der Waals surface area contributed by atoms with Gasteiger partial charge in [-0.2, -0.15) is 0 Å². The van der Waals surface area contributed by atoms with Crippen LogP contribution < -0.4 is 5.32 Å². The molecule has 1 saturated carbocycles. The zero-order valence-corrected chi connectivity index (χ0v) is 22.0. The van der Waals surface area contributed by atoms with Gasteiger partial charge < -0.3 is 5.32 Å². The van der Waals surface area contributed by atoms with Gasteiger partial charge in [0.1, 0.15) is 12.0 Å². The number of hydrogen-bond donors (Lipinski definition) is 2. The lowest BCUT2D eigenvalue weighted by Gasteiger charge is -2.44. The van der Waals surface area contributed by atoms with Crippen LogP contribution in [0.15, 0.2) is 94.3 Å². The van der Waals surface area contributed by atoms with Crippen molar-refractivity contribution in [1.29, 1.82) is 5.41 Å². The van der Waals surface area contributed by atoms with Crippen molar-refractivity contribution in [3.8, 4) is 0 Å². The van der Waals surface area contributed by atoms with Crippen molar-refractivity contribution in [2.45, 2.75) is 59.0 Å². The molecule has 0 amide bonds. The Kier molecular flexibility index (Phi) is 7.58. The molecule has 0 saturated heterocycles. The molecule has 5 aliphatic carbocycles. The van der Waals surface area contributed by atoms with Gasteiger partial charge in [-0.25, -0.2) is 0 Å². The number of hydrogen-bond acceptors (Lipinski definition) is 2. The highest BCUT2D eigenvalue weighted by Crippen LogP contribution is 2.51. The Labute approximate surface area is 217 Å². The molecule has 0 radical (unpaired) electrons. The van der Waals surface area contributed by atoms with Crippen LogP contribution in [0.2, 0.25) is 0 Å². The van der Waals surface area contributed by atoms with Crippen molar-refractivity contribution in [3.63, 3.8) is 0 Å². The summed E-state index contributed by atoms with van der Waals surface area (Å²) in [5.74, 6) is 4.37. The van der Waals surface area contributed by atoms with Gasteiger partial charge >= 0.3 is 0 Å². The van der Waals surface area contributed by atoms with Crippen LogP contribution in [-0.2, 0) is 0 Å². The van der Waals surface area contributed by atoms with E-state index in [0.29, 0.717) is 35.4 Å². The van der Waals surface area contributed by atoms with Crippen LogP contribution >= 0.6 is 0 Å². The summed E-state index contributed by atoms with van der Waals surface area (Å²) in [5, 5.41) is 12.1. The van der Waals surface area contributed by atoms with E-state index in [0.717, 1.165) is 36.3 Å². The summed E-state index contributed by atoms with van der Waals surface area (Å²) in [7, 11) is 0. The average molecular weight is 480 g/mol. The zero-order valence-electron chi connectivity index (χ0n) is 22.0. The Morgan fingerprint density at radius 2 is 2.03 bits per heavy atom. The number of allylic oxidation sites excluding steroid dienone is 10. The van der Waals surface area contributed by atoms with E-state index in [-0.39, 0.29) is 12.1 Å². The van der Waals surface area contributed by atoms with Crippen molar-refractivity contribution < 1.29 is 0 Å². The zero-order chi connectivity index (χ0) is 25.1. The van der Waals surface area contributed by atoms with Crippen LogP contribution in [0.3, 0.4) is 0 Å². The molecule has 1 fully saturated rings. The van der Waals surface area contributed by atoms with Gasteiger partial charge in [0, 0.05) is 12.1 Å². The molecule has 8 atom stereocenters. The molecule has 0 spiro atoms. The second-order valence-corrected chi connectivity index (χ2v) is 11.5. The second-order valence-electron chi connectivity index (χ2n) is 11.5. The SMILES string of the molecule is C[C@@H]1C=C(C(/N=C/C2C=C=CC(C3C4C=C[C@@H](C)CC3C4)=C[C@H]2C)NC(=N)C2=CC=CCC2)C=CC1. The molecular formula is C33H41N3. The molecular weight excluding hydrogens is 438 g/mol. The third-order valence-electron chi connectivity index (χ3n) is 8.53. The topological polar surface area (TPSA) is 48.2 Å². The lowest BCUT2D eigenvalue weighted by Crippen LogP contribution is -2.36. The predicted molar refractivity (Wildman–Crippen MR) is 152 cm³/mol. The van der Waals surface area contributed by atoms with Gasteiger partial charge in [0.2, 0.25) is 0 Å². The average Bonchev–Trinajstić information content (AvgIpc) is 3.24. The van der Waals surface area contributed by atoms with Gasteiger partial charge in [0.05, 0.1) is 0 Å². The van der Waals surface area contributed by atoms with Crippen LogP contribution in [0.1, 0.15) is 52.9 Å². The first-order valence-corrected chi connectivity index (χ1v) is 13.9. The fourth-order valence-corrected chi connectivity index (χ4v) is 6.39. The van der Waals surface area contributed by atoms with E-state index in [9.17, 15) is 0 Å². The van der Waals surface area contributed by atoms with E-state index in [4.69, 9.17) is 10.4 Å². The summed E-state index contributed by atoms with van der Waals surface area (Å²) >= 11 is 0. The van der Waals surface area contributed by atoms with Crippen molar-refractivity contribution >= 4 is 12.1 Å². The quantitative estimate of drug-likeness (QED) is 0.176. The fourth-order valence-electron chi connectivity index (χ4n) is 6.39. The second kappa shape index (κ2) is 11.0. The Hall–Kier alpha value is -2.90. The van der Waals surface area contributed by atoms with E-state index in [2.05, 4.69) is 105 Å². The maximum atomic E-state index is 8.70. The smallest absolute Gasteiger partial charge is 0.145 e. The first-order chi connectivity index (χ1) is 17.5. The van der Waals surface area contributed by atoms with E-state index in [1.165, 1.54) is 18.4 Å². The van der Waals surface area contributed by atoms with E-state index in [1.807, 2.05) is 0 Å². The van der Waals surface area contributed by atoms with Gasteiger partial charge in [-0.3, -0.25) is 10.4 Å². The molecule has 0 heterocycles. The lowest BCUT2D eigenvalue weighted by atomic mass is 9.60. The maximum Gasteiger partial charge on any atom is 0.145 e. The number of amidine groups is 1. The maximum absolute atomic E-state index is 8.70. The van der Waals surface area contributed by atoms with Crippen LogP contribution in [0.5, 0.6) is 0 Å². The highest BCUT2D eigenvalue weighted by atomic mass is 15.1. The van der Waals surface area contributed by atoms with Crippen LogP contribution in [0, 0.1) is 46.8 Å². The summed E-state index contributed by atoms with van der Waals surface area (Å²) in [5.41, 5.74) is 7.18. The first kappa shape index (κ1) is 24.8. The molecule has 0 aromatic heterocycles. The monoisotopic (exact) mass is 479 g/mol.